The van der Waals surface area contributed by atoms with Crippen LogP contribution in [0.5, 0.6) is 0 Å². The average Bonchev–Trinajstić information content (AvgIpc) is 3.19. The summed E-state index contributed by atoms with van der Waals surface area (Å²) in [7, 11) is 1.71. The molecule has 0 saturated heterocycles. The molecule has 0 bridgehead atoms. The van der Waals surface area contributed by atoms with Gasteiger partial charge in [-0.3, -0.25) is 9.59 Å². The number of nitrogens with zero attached hydrogens (tertiary/aromatic N) is 4. The Kier molecular flexibility index (Phi) is 5.31. The molecule has 1 aromatic heterocycles. The number of nitriles is 1. The highest BCUT2D eigenvalue weighted by molar-refractivity contribution is 6.07. The molecule has 4 rings (SSSR count). The lowest BCUT2D eigenvalue weighted by Gasteiger charge is -2.19. The predicted molar refractivity (Wildman–Crippen MR) is 113 cm³/mol. The van der Waals surface area contributed by atoms with Crippen molar-refractivity contribution < 1.29 is 9.59 Å². The third-order valence-corrected chi connectivity index (χ3v) is 5.24. The number of benzene rings is 2. The van der Waals surface area contributed by atoms with E-state index >= 15 is 0 Å². The first kappa shape index (κ1) is 19.4. The maximum absolute atomic E-state index is 13.2. The number of carbonyl (C=O) groups is 2. The van der Waals surface area contributed by atoms with Gasteiger partial charge in [0.1, 0.15) is 0 Å². The summed E-state index contributed by atoms with van der Waals surface area (Å²) in [5, 5.41) is 11.7. The summed E-state index contributed by atoms with van der Waals surface area (Å²) in [6, 6.07) is 18.0. The summed E-state index contributed by atoms with van der Waals surface area (Å²) in [5.74, 6) is -0.368. The van der Waals surface area contributed by atoms with Gasteiger partial charge in [0, 0.05) is 25.0 Å². The lowest BCUT2D eigenvalue weighted by Crippen LogP contribution is -2.28. The van der Waals surface area contributed by atoms with Gasteiger partial charge in [-0.15, -0.1) is 0 Å². The molecule has 7 heteroatoms. The number of rotatable bonds is 4. The Morgan fingerprint density at radius 3 is 2.53 bits per heavy atom. The molecule has 30 heavy (non-hydrogen) atoms. The number of hydrogen-bond donors (Lipinski definition) is 1. The summed E-state index contributed by atoms with van der Waals surface area (Å²) in [4.78, 5) is 32.1. The van der Waals surface area contributed by atoms with Crippen molar-refractivity contribution in [1.82, 2.24) is 9.55 Å². The number of fused-ring (bicyclic) bond motifs is 1. The van der Waals surface area contributed by atoms with Crippen molar-refractivity contribution in [3.05, 3.63) is 77.4 Å². The molecule has 150 valence electrons. The second kappa shape index (κ2) is 8.21. The van der Waals surface area contributed by atoms with Crippen LogP contribution in [0.1, 0.15) is 45.2 Å². The van der Waals surface area contributed by atoms with E-state index in [2.05, 4.69) is 10.3 Å². The number of anilines is 2. The van der Waals surface area contributed by atoms with Crippen LogP contribution in [0, 0.1) is 11.3 Å². The van der Waals surface area contributed by atoms with Crippen molar-refractivity contribution >= 4 is 23.2 Å². The molecule has 0 saturated carbocycles. The van der Waals surface area contributed by atoms with E-state index in [4.69, 9.17) is 5.26 Å². The van der Waals surface area contributed by atoms with E-state index in [1.807, 2.05) is 41.0 Å². The SMILES string of the molecule is CN(C(=O)c1nc(C(=O)Nc2ccc(C#N)cc2)n2c1CCCC2)c1ccccc1. The van der Waals surface area contributed by atoms with E-state index in [1.165, 1.54) is 0 Å². The van der Waals surface area contributed by atoms with Crippen LogP contribution in [-0.2, 0) is 13.0 Å². The number of para-hydroxylation sites is 1. The summed E-state index contributed by atoms with van der Waals surface area (Å²) in [5.41, 5.74) is 2.98. The van der Waals surface area contributed by atoms with Gasteiger partial charge in [0.25, 0.3) is 11.8 Å². The quantitative estimate of drug-likeness (QED) is 0.725. The fourth-order valence-electron chi connectivity index (χ4n) is 3.63. The number of imidazole rings is 1. The summed E-state index contributed by atoms with van der Waals surface area (Å²) < 4.78 is 1.86. The van der Waals surface area contributed by atoms with Crippen LogP contribution in [0.15, 0.2) is 54.6 Å². The predicted octanol–water partition coefficient (Wildman–Crippen LogP) is 3.62. The maximum atomic E-state index is 13.2. The van der Waals surface area contributed by atoms with Gasteiger partial charge in [-0.05, 0) is 55.7 Å². The van der Waals surface area contributed by atoms with Gasteiger partial charge in [0.15, 0.2) is 11.5 Å². The first-order valence-corrected chi connectivity index (χ1v) is 9.82. The monoisotopic (exact) mass is 399 g/mol. The molecule has 0 spiro atoms. The summed E-state index contributed by atoms with van der Waals surface area (Å²) >= 11 is 0. The lowest BCUT2D eigenvalue weighted by atomic mass is 10.1. The molecule has 0 aliphatic carbocycles. The van der Waals surface area contributed by atoms with E-state index in [1.54, 1.807) is 36.2 Å². The normalized spacial score (nSPS) is 12.5. The second-order valence-electron chi connectivity index (χ2n) is 7.18. The smallest absolute Gasteiger partial charge is 0.291 e. The molecule has 0 unspecified atom stereocenters. The van der Waals surface area contributed by atoms with Crippen LogP contribution in [0.25, 0.3) is 0 Å². The summed E-state index contributed by atoms with van der Waals surface area (Å²) in [6.07, 6.45) is 2.60. The fourth-order valence-corrected chi connectivity index (χ4v) is 3.63. The van der Waals surface area contributed by atoms with Crippen molar-refractivity contribution in [3.8, 4) is 6.07 Å². The van der Waals surface area contributed by atoms with Gasteiger partial charge in [0.2, 0.25) is 0 Å². The third kappa shape index (κ3) is 3.67. The number of hydrogen-bond acceptors (Lipinski definition) is 4. The van der Waals surface area contributed by atoms with Gasteiger partial charge >= 0.3 is 0 Å². The van der Waals surface area contributed by atoms with Crippen LogP contribution in [0.2, 0.25) is 0 Å². The minimum Gasteiger partial charge on any atom is -0.323 e. The van der Waals surface area contributed by atoms with Gasteiger partial charge in [0.05, 0.1) is 17.3 Å². The van der Waals surface area contributed by atoms with Crippen molar-refractivity contribution in [2.45, 2.75) is 25.8 Å². The number of aromatic nitrogens is 2. The molecule has 2 heterocycles. The molecule has 3 aromatic rings. The van der Waals surface area contributed by atoms with Crippen LogP contribution in [0.3, 0.4) is 0 Å². The van der Waals surface area contributed by atoms with E-state index < -0.39 is 0 Å². The topological polar surface area (TPSA) is 91.0 Å². The van der Waals surface area contributed by atoms with E-state index in [9.17, 15) is 9.59 Å². The fraction of sp³-hybridized carbons (Fsp3) is 0.217. The number of amides is 2. The van der Waals surface area contributed by atoms with Crippen LogP contribution in [0.4, 0.5) is 11.4 Å². The van der Waals surface area contributed by atoms with Gasteiger partial charge in [-0.2, -0.15) is 5.26 Å². The maximum Gasteiger partial charge on any atom is 0.291 e. The summed E-state index contributed by atoms with van der Waals surface area (Å²) in [6.45, 7) is 0.654. The molecule has 2 aromatic carbocycles. The highest BCUT2D eigenvalue weighted by Crippen LogP contribution is 2.24. The molecule has 1 N–H and O–H groups in total. The van der Waals surface area contributed by atoms with Gasteiger partial charge in [-0.25, -0.2) is 4.98 Å². The highest BCUT2D eigenvalue weighted by atomic mass is 16.2. The Bertz CT molecular complexity index is 1130. The van der Waals surface area contributed by atoms with Crippen LogP contribution < -0.4 is 10.2 Å². The Balaban J connectivity index is 1.64. The standard InChI is InChI=1S/C23H21N5O2/c1-27(18-7-3-2-4-8-18)23(30)20-19-9-5-6-14-28(19)21(26-20)22(29)25-17-12-10-16(15-24)11-13-17/h2-4,7-8,10-13H,5-6,9,14H2,1H3,(H,25,29). The molecule has 1 aliphatic rings. The average molecular weight is 399 g/mol. The molecular formula is C23H21N5O2. The number of nitrogens with one attached hydrogen (secondary N) is 1. The van der Waals surface area contributed by atoms with E-state index in [-0.39, 0.29) is 17.6 Å². The highest BCUT2D eigenvalue weighted by Gasteiger charge is 2.29. The molecule has 0 radical (unpaired) electrons. The van der Waals surface area contributed by atoms with Crippen molar-refractivity contribution in [3.63, 3.8) is 0 Å². The second-order valence-corrected chi connectivity index (χ2v) is 7.18. The van der Waals surface area contributed by atoms with E-state index in [0.717, 1.165) is 24.2 Å². The van der Waals surface area contributed by atoms with Gasteiger partial charge < -0.3 is 14.8 Å². The third-order valence-electron chi connectivity index (χ3n) is 5.24. The van der Waals surface area contributed by atoms with Crippen molar-refractivity contribution in [1.29, 1.82) is 5.26 Å². The molecule has 0 atom stereocenters. The minimum atomic E-state index is -0.371. The zero-order valence-corrected chi connectivity index (χ0v) is 16.6. The first-order chi connectivity index (χ1) is 14.6. The zero-order chi connectivity index (χ0) is 21.1. The first-order valence-electron chi connectivity index (χ1n) is 9.82. The Morgan fingerprint density at radius 1 is 1.10 bits per heavy atom. The van der Waals surface area contributed by atoms with Gasteiger partial charge in [-0.1, -0.05) is 18.2 Å². The minimum absolute atomic E-state index is 0.232. The number of carbonyl (C=O) groups excluding carboxylic acids is 2. The molecule has 2 amide bonds. The van der Waals surface area contributed by atoms with Crippen LogP contribution in [-0.4, -0.2) is 28.4 Å². The van der Waals surface area contributed by atoms with E-state index in [0.29, 0.717) is 29.9 Å². The Morgan fingerprint density at radius 2 is 1.83 bits per heavy atom. The molecular weight excluding hydrogens is 378 g/mol. The molecule has 0 fully saturated rings. The van der Waals surface area contributed by atoms with Crippen molar-refractivity contribution in [2.75, 3.05) is 17.3 Å². The lowest BCUT2D eigenvalue weighted by molar-refractivity contribution is 0.0987. The molecule has 7 nitrogen and oxygen atoms in total. The largest absolute Gasteiger partial charge is 0.323 e. The zero-order valence-electron chi connectivity index (χ0n) is 16.6. The molecule has 1 aliphatic heterocycles. The van der Waals surface area contributed by atoms with Crippen LogP contribution >= 0.6 is 0 Å². The van der Waals surface area contributed by atoms with Crippen molar-refractivity contribution in [2.24, 2.45) is 0 Å². The Hall–Kier alpha value is -3.92. The Labute approximate surface area is 174 Å².